The van der Waals surface area contributed by atoms with Crippen LogP contribution in [0.5, 0.6) is 5.75 Å². The van der Waals surface area contributed by atoms with Gasteiger partial charge < -0.3 is 15.4 Å². The minimum absolute atomic E-state index is 0.211. The summed E-state index contributed by atoms with van der Waals surface area (Å²) in [4.78, 5) is 24.6. The van der Waals surface area contributed by atoms with E-state index in [0.29, 0.717) is 35.8 Å². The molecule has 1 aliphatic heterocycles. The number of sulfonamides is 1. The largest absolute Gasteiger partial charge is 0.484 e. The van der Waals surface area contributed by atoms with Crippen LogP contribution in [-0.4, -0.2) is 44.2 Å². The summed E-state index contributed by atoms with van der Waals surface area (Å²) < 4.78 is 32.1. The Morgan fingerprint density at radius 2 is 1.38 bits per heavy atom. The molecule has 0 unspecified atom stereocenters. The third kappa shape index (κ3) is 5.81. The number of nitrogens with one attached hydrogen (secondary N) is 2. The van der Waals surface area contributed by atoms with E-state index in [2.05, 4.69) is 10.6 Å². The molecule has 8 nitrogen and oxygen atoms in total. The third-order valence-electron chi connectivity index (χ3n) is 5.36. The molecule has 0 aliphatic carbocycles. The number of carbonyl (C=O) groups excluding carboxylic acids is 2. The highest BCUT2D eigenvalue weighted by Gasteiger charge is 2.26. The molecule has 3 aromatic carbocycles. The predicted octanol–water partition coefficient (Wildman–Crippen LogP) is 3.74. The average Bonchev–Trinajstić information content (AvgIpc) is 3.41. The number of hydrogen-bond acceptors (Lipinski definition) is 5. The maximum absolute atomic E-state index is 12.6. The van der Waals surface area contributed by atoms with Gasteiger partial charge in [-0.2, -0.15) is 4.31 Å². The molecule has 176 valence electrons. The smallest absolute Gasteiger partial charge is 0.262 e. The summed E-state index contributed by atoms with van der Waals surface area (Å²) in [6, 6.07) is 21.7. The Bertz CT molecular complexity index is 1240. The second-order valence-electron chi connectivity index (χ2n) is 7.82. The van der Waals surface area contributed by atoms with Crippen LogP contribution in [0, 0.1) is 0 Å². The zero-order valence-corrected chi connectivity index (χ0v) is 19.3. The first-order valence-corrected chi connectivity index (χ1v) is 12.4. The molecule has 0 bridgehead atoms. The molecule has 0 aromatic heterocycles. The second-order valence-corrected chi connectivity index (χ2v) is 9.75. The van der Waals surface area contributed by atoms with Gasteiger partial charge in [0, 0.05) is 30.0 Å². The van der Waals surface area contributed by atoms with Gasteiger partial charge in [0.2, 0.25) is 10.0 Å². The molecule has 0 saturated carbocycles. The van der Waals surface area contributed by atoms with Gasteiger partial charge in [-0.15, -0.1) is 0 Å². The molecule has 2 N–H and O–H groups in total. The lowest BCUT2D eigenvalue weighted by molar-refractivity contribution is -0.118. The number of rotatable bonds is 8. The lowest BCUT2D eigenvalue weighted by Crippen LogP contribution is -2.27. The van der Waals surface area contributed by atoms with Crippen LogP contribution in [0.15, 0.2) is 83.8 Å². The number of ether oxygens (including phenoxy) is 1. The van der Waals surface area contributed by atoms with Crippen LogP contribution in [0.2, 0.25) is 0 Å². The zero-order chi connectivity index (χ0) is 24.0. The van der Waals surface area contributed by atoms with Crippen LogP contribution < -0.4 is 15.4 Å². The van der Waals surface area contributed by atoms with Crippen LogP contribution in [0.4, 0.5) is 11.4 Å². The van der Waals surface area contributed by atoms with E-state index in [0.717, 1.165) is 12.8 Å². The monoisotopic (exact) mass is 479 g/mol. The van der Waals surface area contributed by atoms with Crippen LogP contribution in [0.1, 0.15) is 23.2 Å². The van der Waals surface area contributed by atoms with Crippen molar-refractivity contribution in [2.24, 2.45) is 0 Å². The Kier molecular flexibility index (Phi) is 7.24. The van der Waals surface area contributed by atoms with Crippen LogP contribution in [0.25, 0.3) is 0 Å². The van der Waals surface area contributed by atoms with Crippen LogP contribution in [-0.2, 0) is 14.8 Å². The number of nitrogens with zero attached hydrogens (tertiary/aromatic N) is 1. The molecular weight excluding hydrogens is 454 g/mol. The quantitative estimate of drug-likeness (QED) is 0.512. The molecular formula is C25H25N3O5S. The molecule has 9 heteroatoms. The third-order valence-corrected chi connectivity index (χ3v) is 7.27. The molecule has 1 fully saturated rings. The van der Waals surface area contributed by atoms with Crippen LogP contribution >= 0.6 is 0 Å². The van der Waals surface area contributed by atoms with Gasteiger partial charge in [-0.1, -0.05) is 18.2 Å². The van der Waals surface area contributed by atoms with Crippen molar-refractivity contribution in [2.45, 2.75) is 17.7 Å². The lowest BCUT2D eigenvalue weighted by Gasteiger charge is -2.15. The standard InChI is InChI=1S/C25H25N3O5S/c29-24(26-20-10-14-23(15-11-20)34(31,32)28-16-4-5-17-28)18-33-22-12-8-21(9-13-22)27-25(30)19-6-2-1-3-7-19/h1-3,6-15H,4-5,16-18H2,(H,26,29)(H,27,30). The minimum Gasteiger partial charge on any atom is -0.484 e. The lowest BCUT2D eigenvalue weighted by atomic mass is 10.2. The molecule has 1 heterocycles. The zero-order valence-electron chi connectivity index (χ0n) is 18.4. The summed E-state index contributed by atoms with van der Waals surface area (Å²) in [5.41, 5.74) is 1.64. The molecule has 3 aromatic rings. The fourth-order valence-electron chi connectivity index (χ4n) is 3.56. The van der Waals surface area contributed by atoms with E-state index >= 15 is 0 Å². The SMILES string of the molecule is O=C(COc1ccc(NC(=O)c2ccccc2)cc1)Nc1ccc(S(=O)(=O)N2CCCC2)cc1. The van der Waals surface area contributed by atoms with Crippen molar-refractivity contribution in [3.63, 3.8) is 0 Å². The van der Waals surface area contributed by atoms with Gasteiger partial charge >= 0.3 is 0 Å². The number of hydrogen-bond donors (Lipinski definition) is 2. The van der Waals surface area contributed by atoms with Gasteiger partial charge in [0.15, 0.2) is 6.61 Å². The fourth-order valence-corrected chi connectivity index (χ4v) is 5.08. The molecule has 2 amide bonds. The Morgan fingerprint density at radius 3 is 2.03 bits per heavy atom. The average molecular weight is 480 g/mol. The first kappa shape index (κ1) is 23.5. The Hall–Kier alpha value is -3.69. The summed E-state index contributed by atoms with van der Waals surface area (Å²) in [5.74, 6) is -0.121. The van der Waals surface area contributed by atoms with Crippen molar-refractivity contribution in [3.05, 3.63) is 84.4 Å². The van der Waals surface area contributed by atoms with Crippen molar-refractivity contribution in [3.8, 4) is 5.75 Å². The molecule has 1 aliphatic rings. The van der Waals surface area contributed by atoms with Gasteiger partial charge in [-0.3, -0.25) is 9.59 Å². The highest BCUT2D eigenvalue weighted by molar-refractivity contribution is 7.89. The van der Waals surface area contributed by atoms with Crippen molar-refractivity contribution in [1.29, 1.82) is 0 Å². The summed E-state index contributed by atoms with van der Waals surface area (Å²) >= 11 is 0. The molecule has 0 atom stereocenters. The van der Waals surface area contributed by atoms with Crippen molar-refractivity contribution < 1.29 is 22.7 Å². The number of carbonyl (C=O) groups is 2. The summed E-state index contributed by atoms with van der Waals surface area (Å²) in [5, 5.41) is 5.48. The maximum atomic E-state index is 12.6. The highest BCUT2D eigenvalue weighted by atomic mass is 32.2. The predicted molar refractivity (Wildman–Crippen MR) is 129 cm³/mol. The second kappa shape index (κ2) is 10.5. The number of anilines is 2. The van der Waals surface area contributed by atoms with E-state index in [4.69, 9.17) is 4.74 Å². The summed E-state index contributed by atoms with van der Waals surface area (Å²) in [6.45, 7) is 0.862. The van der Waals surface area contributed by atoms with Gasteiger partial charge in [0.25, 0.3) is 11.8 Å². The van der Waals surface area contributed by atoms with Gasteiger partial charge in [-0.25, -0.2) is 8.42 Å². The van der Waals surface area contributed by atoms with E-state index < -0.39 is 10.0 Å². The Balaban J connectivity index is 1.26. The van der Waals surface area contributed by atoms with E-state index in [1.165, 1.54) is 16.4 Å². The van der Waals surface area contributed by atoms with E-state index in [1.807, 2.05) is 6.07 Å². The maximum Gasteiger partial charge on any atom is 0.262 e. The van der Waals surface area contributed by atoms with E-state index in [9.17, 15) is 18.0 Å². The number of amides is 2. The molecule has 0 spiro atoms. The molecule has 4 rings (SSSR count). The van der Waals surface area contributed by atoms with Gasteiger partial charge in [0.1, 0.15) is 5.75 Å². The number of benzene rings is 3. The molecule has 34 heavy (non-hydrogen) atoms. The van der Waals surface area contributed by atoms with Gasteiger partial charge in [0.05, 0.1) is 4.90 Å². The topological polar surface area (TPSA) is 105 Å². The normalized spacial score (nSPS) is 13.9. The van der Waals surface area contributed by atoms with Crippen molar-refractivity contribution in [1.82, 2.24) is 4.31 Å². The highest BCUT2D eigenvalue weighted by Crippen LogP contribution is 2.22. The molecule has 0 radical (unpaired) electrons. The van der Waals surface area contributed by atoms with Crippen LogP contribution in [0.3, 0.4) is 0 Å². The summed E-state index contributed by atoms with van der Waals surface area (Å²) in [6.07, 6.45) is 1.75. The Morgan fingerprint density at radius 1 is 0.794 bits per heavy atom. The van der Waals surface area contributed by atoms with E-state index in [-0.39, 0.29) is 23.3 Å². The van der Waals surface area contributed by atoms with Crippen molar-refractivity contribution in [2.75, 3.05) is 30.3 Å². The summed E-state index contributed by atoms with van der Waals surface area (Å²) in [7, 11) is -3.49. The minimum atomic E-state index is -3.49. The van der Waals surface area contributed by atoms with Gasteiger partial charge in [-0.05, 0) is 73.5 Å². The Labute approximate surface area is 198 Å². The fraction of sp³-hybridized carbons (Fsp3) is 0.200. The first-order valence-electron chi connectivity index (χ1n) is 10.9. The van der Waals surface area contributed by atoms with E-state index in [1.54, 1.807) is 60.7 Å². The first-order chi connectivity index (χ1) is 16.4. The van der Waals surface area contributed by atoms with Crippen molar-refractivity contribution >= 4 is 33.2 Å². The molecule has 1 saturated heterocycles.